The van der Waals surface area contributed by atoms with Crippen LogP contribution in [0.3, 0.4) is 0 Å². The number of ketones is 1. The number of halogens is 1. The van der Waals surface area contributed by atoms with E-state index >= 15 is 0 Å². The third kappa shape index (κ3) is 2.68. The molecule has 0 amide bonds. The van der Waals surface area contributed by atoms with E-state index in [9.17, 15) is 9.18 Å². The summed E-state index contributed by atoms with van der Waals surface area (Å²) >= 11 is 1.94. The standard InChI is InChI=1S/C15H15FO2S/c16-12-3-1-2-11-9-14(18-15(11)12)13(17)8-10-4-6-19-7-5-10/h1-3,9-10H,4-8H2. The maximum Gasteiger partial charge on any atom is 0.198 e. The van der Waals surface area contributed by atoms with Crippen LogP contribution in [0.4, 0.5) is 4.39 Å². The molecule has 0 atom stereocenters. The van der Waals surface area contributed by atoms with Crippen LogP contribution < -0.4 is 0 Å². The van der Waals surface area contributed by atoms with Crippen molar-refractivity contribution in [1.29, 1.82) is 0 Å². The Bertz CT molecular complexity index is 599. The Morgan fingerprint density at radius 1 is 1.37 bits per heavy atom. The SMILES string of the molecule is O=C(CC1CCSCC1)c1cc2cccc(F)c2o1. The zero-order valence-corrected chi connectivity index (χ0v) is 11.3. The first-order chi connectivity index (χ1) is 9.24. The molecule has 0 bridgehead atoms. The van der Waals surface area contributed by atoms with E-state index in [1.807, 2.05) is 11.8 Å². The van der Waals surface area contributed by atoms with E-state index in [1.165, 1.54) is 6.07 Å². The molecular formula is C15H15FO2S. The van der Waals surface area contributed by atoms with E-state index in [1.54, 1.807) is 18.2 Å². The highest BCUT2D eigenvalue weighted by Crippen LogP contribution is 2.28. The Hall–Kier alpha value is -1.29. The summed E-state index contributed by atoms with van der Waals surface area (Å²) in [5.74, 6) is 2.59. The fraction of sp³-hybridized carbons (Fsp3) is 0.400. The molecule has 1 aliphatic rings. The van der Waals surface area contributed by atoms with Crippen LogP contribution in [0.15, 0.2) is 28.7 Å². The first-order valence-corrected chi connectivity index (χ1v) is 7.68. The van der Waals surface area contributed by atoms with Crippen molar-refractivity contribution in [3.8, 4) is 0 Å². The summed E-state index contributed by atoms with van der Waals surface area (Å²) in [6.45, 7) is 0. The minimum absolute atomic E-state index is 0.00694. The number of benzene rings is 1. The van der Waals surface area contributed by atoms with Gasteiger partial charge in [-0.2, -0.15) is 11.8 Å². The summed E-state index contributed by atoms with van der Waals surface area (Å²) in [6.07, 6.45) is 2.69. The van der Waals surface area contributed by atoms with Crippen molar-refractivity contribution in [2.75, 3.05) is 11.5 Å². The van der Waals surface area contributed by atoms with Gasteiger partial charge in [0, 0.05) is 11.8 Å². The number of carbonyl (C=O) groups excluding carboxylic acids is 1. The van der Waals surface area contributed by atoms with Crippen LogP contribution in [0.2, 0.25) is 0 Å². The number of para-hydroxylation sites is 1. The zero-order chi connectivity index (χ0) is 13.2. The minimum atomic E-state index is -0.411. The number of furan rings is 1. The number of hydrogen-bond donors (Lipinski definition) is 0. The first kappa shape index (κ1) is 12.7. The van der Waals surface area contributed by atoms with Gasteiger partial charge < -0.3 is 4.42 Å². The Kier molecular flexibility index (Phi) is 3.60. The maximum absolute atomic E-state index is 13.5. The van der Waals surface area contributed by atoms with Crippen molar-refractivity contribution in [3.05, 3.63) is 35.8 Å². The molecular weight excluding hydrogens is 263 g/mol. The Balaban J connectivity index is 1.79. The lowest BCUT2D eigenvalue weighted by Crippen LogP contribution is -2.14. The highest BCUT2D eigenvalue weighted by molar-refractivity contribution is 7.99. The Morgan fingerprint density at radius 2 is 2.16 bits per heavy atom. The van der Waals surface area contributed by atoms with Gasteiger partial charge in [0.25, 0.3) is 0 Å². The molecule has 2 aromatic rings. The molecule has 4 heteroatoms. The molecule has 0 unspecified atom stereocenters. The highest BCUT2D eigenvalue weighted by Gasteiger charge is 2.21. The molecule has 0 N–H and O–H groups in total. The van der Waals surface area contributed by atoms with E-state index in [0.29, 0.717) is 23.5 Å². The van der Waals surface area contributed by atoms with Gasteiger partial charge in [-0.1, -0.05) is 12.1 Å². The van der Waals surface area contributed by atoms with Crippen LogP contribution in [0.25, 0.3) is 11.0 Å². The van der Waals surface area contributed by atoms with Gasteiger partial charge in [-0.15, -0.1) is 0 Å². The number of rotatable bonds is 3. The average molecular weight is 278 g/mol. The molecule has 3 rings (SSSR count). The van der Waals surface area contributed by atoms with Gasteiger partial charge in [0.05, 0.1) is 0 Å². The summed E-state index contributed by atoms with van der Waals surface area (Å²) in [4.78, 5) is 12.2. The van der Waals surface area contributed by atoms with Crippen LogP contribution >= 0.6 is 11.8 Å². The first-order valence-electron chi connectivity index (χ1n) is 6.53. The van der Waals surface area contributed by atoms with Gasteiger partial charge >= 0.3 is 0 Å². The zero-order valence-electron chi connectivity index (χ0n) is 10.5. The average Bonchev–Trinajstić information content (AvgIpc) is 2.85. The smallest absolute Gasteiger partial charge is 0.198 e. The van der Waals surface area contributed by atoms with E-state index in [2.05, 4.69) is 0 Å². The fourth-order valence-electron chi connectivity index (χ4n) is 2.48. The van der Waals surface area contributed by atoms with Crippen molar-refractivity contribution in [2.45, 2.75) is 19.3 Å². The second-order valence-corrected chi connectivity index (χ2v) is 6.18. The molecule has 0 saturated carbocycles. The predicted molar refractivity (Wildman–Crippen MR) is 75.2 cm³/mol. The van der Waals surface area contributed by atoms with Crippen LogP contribution in [0.5, 0.6) is 0 Å². The van der Waals surface area contributed by atoms with Crippen LogP contribution in [-0.2, 0) is 0 Å². The van der Waals surface area contributed by atoms with Crippen molar-refractivity contribution in [3.63, 3.8) is 0 Å². The summed E-state index contributed by atoms with van der Waals surface area (Å²) in [5, 5.41) is 0.655. The molecule has 0 aliphatic carbocycles. The fourth-order valence-corrected chi connectivity index (χ4v) is 3.68. The molecule has 0 spiro atoms. The number of thioether (sulfide) groups is 1. The lowest BCUT2D eigenvalue weighted by Gasteiger charge is -2.19. The lowest BCUT2D eigenvalue weighted by molar-refractivity contribution is 0.0933. The maximum atomic E-state index is 13.5. The molecule has 2 nitrogen and oxygen atoms in total. The molecule has 1 aliphatic heterocycles. The number of fused-ring (bicyclic) bond motifs is 1. The molecule has 100 valence electrons. The second-order valence-electron chi connectivity index (χ2n) is 4.95. The van der Waals surface area contributed by atoms with Crippen LogP contribution in [0, 0.1) is 11.7 Å². The summed E-state index contributed by atoms with van der Waals surface area (Å²) in [5.41, 5.74) is 0.185. The van der Waals surface area contributed by atoms with Crippen molar-refractivity contribution >= 4 is 28.5 Å². The normalized spacial score (nSPS) is 16.9. The minimum Gasteiger partial charge on any atom is -0.450 e. The van der Waals surface area contributed by atoms with Gasteiger partial charge in [-0.3, -0.25) is 4.79 Å². The number of hydrogen-bond acceptors (Lipinski definition) is 3. The highest BCUT2D eigenvalue weighted by atomic mass is 32.2. The van der Waals surface area contributed by atoms with Gasteiger partial charge in [0.2, 0.25) is 0 Å². The quantitative estimate of drug-likeness (QED) is 0.785. The molecule has 1 fully saturated rings. The van der Waals surface area contributed by atoms with Gasteiger partial charge in [-0.05, 0) is 42.4 Å². The molecule has 19 heavy (non-hydrogen) atoms. The molecule has 2 heterocycles. The summed E-state index contributed by atoms with van der Waals surface area (Å²) < 4.78 is 18.9. The second kappa shape index (κ2) is 5.37. The largest absolute Gasteiger partial charge is 0.450 e. The van der Waals surface area contributed by atoms with Crippen molar-refractivity contribution in [2.24, 2.45) is 5.92 Å². The number of Topliss-reactive ketones (excluding diaryl/α,β-unsaturated/α-hetero) is 1. The van der Waals surface area contributed by atoms with Crippen LogP contribution in [0.1, 0.15) is 29.8 Å². The molecule has 1 aromatic carbocycles. The Morgan fingerprint density at radius 3 is 2.89 bits per heavy atom. The van der Waals surface area contributed by atoms with E-state index < -0.39 is 5.82 Å². The van der Waals surface area contributed by atoms with Crippen molar-refractivity contribution in [1.82, 2.24) is 0 Å². The van der Waals surface area contributed by atoms with Gasteiger partial charge in [0.15, 0.2) is 22.9 Å². The van der Waals surface area contributed by atoms with E-state index in [4.69, 9.17) is 4.42 Å². The monoisotopic (exact) mass is 278 g/mol. The predicted octanol–water partition coefficient (Wildman–Crippen LogP) is 4.29. The third-order valence-corrected chi connectivity index (χ3v) is 4.63. The van der Waals surface area contributed by atoms with E-state index in [0.717, 1.165) is 24.3 Å². The lowest BCUT2D eigenvalue weighted by atomic mass is 9.95. The Labute approximate surface area is 115 Å². The summed E-state index contributed by atoms with van der Waals surface area (Å²) in [6, 6.07) is 6.38. The van der Waals surface area contributed by atoms with E-state index in [-0.39, 0.29) is 11.4 Å². The summed E-state index contributed by atoms with van der Waals surface area (Å²) in [7, 11) is 0. The molecule has 0 radical (unpaired) electrons. The molecule has 1 aromatic heterocycles. The number of carbonyl (C=O) groups is 1. The van der Waals surface area contributed by atoms with Crippen molar-refractivity contribution < 1.29 is 13.6 Å². The van der Waals surface area contributed by atoms with Gasteiger partial charge in [-0.25, -0.2) is 4.39 Å². The van der Waals surface area contributed by atoms with Gasteiger partial charge in [0.1, 0.15) is 0 Å². The molecule has 1 saturated heterocycles. The van der Waals surface area contributed by atoms with Crippen LogP contribution in [-0.4, -0.2) is 17.3 Å². The third-order valence-electron chi connectivity index (χ3n) is 3.59. The topological polar surface area (TPSA) is 30.2 Å².